The van der Waals surface area contributed by atoms with E-state index in [4.69, 9.17) is 4.74 Å². The number of hydrazone groups is 1. The standard InChI is InChI=1S/C17H18N2O/c1-13-12-17(14-8-10-16(20-2)11-9-14)19(18-13)15-6-4-3-5-7-15/h3-11,17H,12H2,1-2H3. The monoisotopic (exact) mass is 266 g/mol. The van der Waals surface area contributed by atoms with Gasteiger partial charge in [-0.15, -0.1) is 0 Å². The molecule has 1 atom stereocenters. The van der Waals surface area contributed by atoms with E-state index in [-0.39, 0.29) is 6.04 Å². The van der Waals surface area contributed by atoms with Gasteiger partial charge in [0, 0.05) is 12.1 Å². The molecule has 0 amide bonds. The average molecular weight is 266 g/mol. The number of hydrogen-bond acceptors (Lipinski definition) is 3. The SMILES string of the molecule is COc1ccc(C2CC(C)=NN2c2ccccc2)cc1. The topological polar surface area (TPSA) is 24.8 Å². The number of para-hydroxylation sites is 1. The fourth-order valence-electron chi connectivity index (χ4n) is 2.56. The quantitative estimate of drug-likeness (QED) is 0.838. The lowest BCUT2D eigenvalue weighted by Crippen LogP contribution is -2.18. The molecule has 0 aromatic heterocycles. The van der Waals surface area contributed by atoms with Gasteiger partial charge in [-0.1, -0.05) is 30.3 Å². The largest absolute Gasteiger partial charge is 0.497 e. The normalized spacial score (nSPS) is 18.0. The second-order valence-electron chi connectivity index (χ2n) is 5.01. The summed E-state index contributed by atoms with van der Waals surface area (Å²) in [6.07, 6.45) is 0.960. The Hall–Kier alpha value is -2.29. The first-order valence-corrected chi connectivity index (χ1v) is 6.80. The van der Waals surface area contributed by atoms with Crippen molar-refractivity contribution in [2.24, 2.45) is 5.10 Å². The van der Waals surface area contributed by atoms with Gasteiger partial charge < -0.3 is 4.74 Å². The Morgan fingerprint density at radius 2 is 1.75 bits per heavy atom. The van der Waals surface area contributed by atoms with Gasteiger partial charge in [-0.3, -0.25) is 5.01 Å². The molecule has 3 nitrogen and oxygen atoms in total. The predicted octanol–water partition coefficient (Wildman–Crippen LogP) is 4.02. The molecular formula is C17H18N2O. The van der Waals surface area contributed by atoms with Crippen LogP contribution >= 0.6 is 0 Å². The minimum atomic E-state index is 0.267. The summed E-state index contributed by atoms with van der Waals surface area (Å²) >= 11 is 0. The van der Waals surface area contributed by atoms with Crippen LogP contribution in [0.5, 0.6) is 5.75 Å². The fraction of sp³-hybridized carbons (Fsp3) is 0.235. The summed E-state index contributed by atoms with van der Waals surface area (Å²) in [6.45, 7) is 2.08. The highest BCUT2D eigenvalue weighted by molar-refractivity contribution is 5.86. The molecule has 0 saturated carbocycles. The summed E-state index contributed by atoms with van der Waals surface area (Å²) in [6, 6.07) is 18.8. The van der Waals surface area contributed by atoms with Crippen LogP contribution in [0.4, 0.5) is 5.69 Å². The van der Waals surface area contributed by atoms with E-state index in [1.54, 1.807) is 7.11 Å². The van der Waals surface area contributed by atoms with E-state index >= 15 is 0 Å². The van der Waals surface area contributed by atoms with Crippen molar-refractivity contribution in [3.63, 3.8) is 0 Å². The van der Waals surface area contributed by atoms with Crippen LogP contribution < -0.4 is 9.75 Å². The number of rotatable bonds is 3. The van der Waals surface area contributed by atoms with Crippen LogP contribution in [0, 0.1) is 0 Å². The van der Waals surface area contributed by atoms with E-state index < -0.39 is 0 Å². The number of hydrogen-bond donors (Lipinski definition) is 0. The Bertz CT molecular complexity index is 605. The van der Waals surface area contributed by atoms with E-state index in [9.17, 15) is 0 Å². The molecule has 0 N–H and O–H groups in total. The number of ether oxygens (including phenoxy) is 1. The Balaban J connectivity index is 1.92. The molecular weight excluding hydrogens is 248 g/mol. The maximum atomic E-state index is 5.22. The molecule has 1 aliphatic rings. The molecule has 0 aliphatic carbocycles. The molecule has 2 aromatic rings. The third-order valence-corrected chi connectivity index (χ3v) is 3.58. The molecule has 0 radical (unpaired) electrons. The van der Waals surface area contributed by atoms with Crippen LogP contribution in [0.25, 0.3) is 0 Å². The van der Waals surface area contributed by atoms with Crippen LogP contribution in [0.3, 0.4) is 0 Å². The fourth-order valence-corrected chi connectivity index (χ4v) is 2.56. The first-order chi connectivity index (χ1) is 9.78. The van der Waals surface area contributed by atoms with Gasteiger partial charge in [0.25, 0.3) is 0 Å². The smallest absolute Gasteiger partial charge is 0.118 e. The molecule has 102 valence electrons. The van der Waals surface area contributed by atoms with Crippen molar-refractivity contribution in [2.75, 3.05) is 12.1 Å². The summed E-state index contributed by atoms with van der Waals surface area (Å²) in [5.74, 6) is 0.885. The molecule has 0 bridgehead atoms. The Morgan fingerprint density at radius 3 is 2.40 bits per heavy atom. The summed E-state index contributed by atoms with van der Waals surface area (Å²) < 4.78 is 5.22. The molecule has 0 fully saturated rings. The van der Waals surface area contributed by atoms with E-state index in [1.807, 2.05) is 30.3 Å². The van der Waals surface area contributed by atoms with Crippen LogP contribution in [0.2, 0.25) is 0 Å². The first-order valence-electron chi connectivity index (χ1n) is 6.80. The van der Waals surface area contributed by atoms with Gasteiger partial charge in [-0.2, -0.15) is 5.10 Å². The average Bonchev–Trinajstić information content (AvgIpc) is 2.90. The molecule has 20 heavy (non-hydrogen) atoms. The van der Waals surface area contributed by atoms with Crippen LogP contribution in [0.1, 0.15) is 24.9 Å². The highest BCUT2D eigenvalue weighted by Crippen LogP contribution is 2.35. The van der Waals surface area contributed by atoms with Gasteiger partial charge in [-0.05, 0) is 36.8 Å². The maximum Gasteiger partial charge on any atom is 0.118 e. The molecule has 1 heterocycles. The Labute approximate surface area is 119 Å². The van der Waals surface area contributed by atoms with E-state index in [2.05, 4.69) is 41.3 Å². The lowest BCUT2D eigenvalue weighted by molar-refractivity contribution is 0.414. The number of benzene rings is 2. The summed E-state index contributed by atoms with van der Waals surface area (Å²) in [7, 11) is 1.69. The van der Waals surface area contributed by atoms with Crippen molar-refractivity contribution in [2.45, 2.75) is 19.4 Å². The Kier molecular flexibility index (Phi) is 3.42. The number of anilines is 1. The van der Waals surface area contributed by atoms with Gasteiger partial charge in [0.15, 0.2) is 0 Å². The van der Waals surface area contributed by atoms with Gasteiger partial charge in [0.05, 0.1) is 18.8 Å². The lowest BCUT2D eigenvalue weighted by Gasteiger charge is -2.24. The van der Waals surface area contributed by atoms with Crippen LogP contribution in [-0.2, 0) is 0 Å². The molecule has 1 unspecified atom stereocenters. The number of methoxy groups -OCH3 is 1. The summed E-state index contributed by atoms with van der Waals surface area (Å²) in [4.78, 5) is 0. The van der Waals surface area contributed by atoms with Gasteiger partial charge in [0.1, 0.15) is 5.75 Å². The van der Waals surface area contributed by atoms with Crippen molar-refractivity contribution >= 4 is 11.4 Å². The van der Waals surface area contributed by atoms with Gasteiger partial charge in [0.2, 0.25) is 0 Å². The van der Waals surface area contributed by atoms with E-state index in [0.717, 1.165) is 23.6 Å². The van der Waals surface area contributed by atoms with E-state index in [1.165, 1.54) is 5.56 Å². The summed E-state index contributed by atoms with van der Waals surface area (Å²) in [5.41, 5.74) is 3.55. The van der Waals surface area contributed by atoms with Crippen LogP contribution in [0.15, 0.2) is 59.7 Å². The number of nitrogens with zero attached hydrogens (tertiary/aromatic N) is 2. The first kappa shape index (κ1) is 12.7. The van der Waals surface area contributed by atoms with Crippen LogP contribution in [-0.4, -0.2) is 12.8 Å². The highest BCUT2D eigenvalue weighted by Gasteiger charge is 2.27. The molecule has 1 aliphatic heterocycles. The Morgan fingerprint density at radius 1 is 1.05 bits per heavy atom. The second kappa shape index (κ2) is 5.37. The summed E-state index contributed by atoms with van der Waals surface area (Å²) in [5, 5.41) is 6.79. The second-order valence-corrected chi connectivity index (χ2v) is 5.01. The molecule has 0 spiro atoms. The van der Waals surface area contributed by atoms with Crippen molar-refractivity contribution in [3.05, 3.63) is 60.2 Å². The van der Waals surface area contributed by atoms with E-state index in [0.29, 0.717) is 0 Å². The minimum Gasteiger partial charge on any atom is -0.497 e. The maximum absolute atomic E-state index is 5.22. The van der Waals surface area contributed by atoms with Crippen molar-refractivity contribution in [1.29, 1.82) is 0 Å². The molecule has 0 saturated heterocycles. The predicted molar refractivity (Wildman–Crippen MR) is 82.4 cm³/mol. The zero-order valence-corrected chi connectivity index (χ0v) is 11.8. The highest BCUT2D eigenvalue weighted by atomic mass is 16.5. The molecule has 3 heteroatoms. The third-order valence-electron chi connectivity index (χ3n) is 3.58. The lowest BCUT2D eigenvalue weighted by atomic mass is 10.0. The van der Waals surface area contributed by atoms with Crippen molar-refractivity contribution in [1.82, 2.24) is 0 Å². The van der Waals surface area contributed by atoms with Crippen molar-refractivity contribution in [3.8, 4) is 5.75 Å². The van der Waals surface area contributed by atoms with Crippen molar-refractivity contribution < 1.29 is 4.74 Å². The zero-order chi connectivity index (χ0) is 13.9. The van der Waals surface area contributed by atoms with Gasteiger partial charge >= 0.3 is 0 Å². The minimum absolute atomic E-state index is 0.267. The van der Waals surface area contributed by atoms with Gasteiger partial charge in [-0.25, -0.2) is 0 Å². The third kappa shape index (κ3) is 2.39. The zero-order valence-electron chi connectivity index (χ0n) is 11.8. The molecule has 3 rings (SSSR count). The molecule has 2 aromatic carbocycles.